The van der Waals surface area contributed by atoms with E-state index in [1.54, 1.807) is 54.7 Å². The Bertz CT molecular complexity index is 2290. The first kappa shape index (κ1) is 44.6. The topological polar surface area (TPSA) is 174 Å². The highest BCUT2D eigenvalue weighted by Crippen LogP contribution is 2.41. The van der Waals surface area contributed by atoms with Crippen molar-refractivity contribution >= 4 is 63.4 Å². The van der Waals surface area contributed by atoms with E-state index in [0.717, 1.165) is 47.0 Å². The molecule has 16 heteroatoms. The summed E-state index contributed by atoms with van der Waals surface area (Å²) in [4.78, 5) is 68.6. The number of nitrogens with one attached hydrogen (secondary N) is 3. The zero-order chi connectivity index (χ0) is 43.6. The molecule has 14 nitrogen and oxygen atoms in total. The molecular formula is C46H51ClFN5O9. The van der Waals surface area contributed by atoms with E-state index < -0.39 is 29.7 Å². The number of imide groups is 2. The summed E-state index contributed by atoms with van der Waals surface area (Å²) >= 11 is 6.38. The van der Waals surface area contributed by atoms with Crippen LogP contribution in [0.15, 0.2) is 66.9 Å². The molecule has 1 saturated heterocycles. The van der Waals surface area contributed by atoms with Crippen LogP contribution >= 0.6 is 11.6 Å². The molecule has 1 unspecified atom stereocenters. The lowest BCUT2D eigenvalue weighted by atomic mass is 9.73. The second-order valence-corrected chi connectivity index (χ2v) is 16.2. The summed E-state index contributed by atoms with van der Waals surface area (Å²) in [6.45, 7) is 4.72. The third kappa shape index (κ3) is 10.9. The second kappa shape index (κ2) is 21.1. The Kier molecular flexibility index (Phi) is 15.1. The van der Waals surface area contributed by atoms with Gasteiger partial charge in [0.05, 0.1) is 61.3 Å². The first-order valence-electron chi connectivity index (χ1n) is 21.2. The van der Waals surface area contributed by atoms with Crippen molar-refractivity contribution in [3.05, 3.63) is 94.4 Å². The van der Waals surface area contributed by atoms with Gasteiger partial charge in [0.1, 0.15) is 24.2 Å². The third-order valence-electron chi connectivity index (χ3n) is 11.7. The largest absolute Gasteiger partial charge is 0.490 e. The number of halogens is 2. The minimum Gasteiger partial charge on any atom is -0.490 e. The summed E-state index contributed by atoms with van der Waals surface area (Å²) in [6.07, 6.45) is 6.34. The number of nitrogens with zero attached hydrogens (tertiary/aromatic N) is 2. The van der Waals surface area contributed by atoms with Crippen LogP contribution in [0.5, 0.6) is 5.75 Å². The molecule has 0 spiro atoms. The lowest BCUT2D eigenvalue weighted by Gasteiger charge is -2.32. The minimum absolute atomic E-state index is 0.0534. The SMILES string of the molecule is C[C@@H](CC(=O)Nc1ccc(Cl)c(OCCOCCOCCOCCNc2cccc3c2C(=O)N(C2CCC(=O)NC2=O)C3=O)c1)[C@H]1CC[C@@H](c2ccnc3ccc(F)cc32)CC1. The molecule has 2 atom stereocenters. The average Bonchev–Trinajstić information content (AvgIpc) is 3.52. The molecule has 4 aromatic rings. The highest BCUT2D eigenvalue weighted by Gasteiger charge is 2.45. The predicted molar refractivity (Wildman–Crippen MR) is 230 cm³/mol. The fourth-order valence-corrected chi connectivity index (χ4v) is 8.70. The maximum Gasteiger partial charge on any atom is 0.264 e. The number of fused-ring (bicyclic) bond motifs is 2. The van der Waals surface area contributed by atoms with Gasteiger partial charge in [-0.05, 0) is 104 Å². The van der Waals surface area contributed by atoms with E-state index in [-0.39, 0.29) is 48.2 Å². The number of aromatic nitrogens is 1. The normalized spacial score (nSPS) is 19.3. The highest BCUT2D eigenvalue weighted by molar-refractivity contribution is 6.32. The molecule has 0 radical (unpaired) electrons. The molecule has 3 N–H and O–H groups in total. The molecule has 3 aliphatic rings. The first-order chi connectivity index (χ1) is 30.1. The van der Waals surface area contributed by atoms with Gasteiger partial charge in [-0.3, -0.25) is 39.2 Å². The molecule has 3 heterocycles. The van der Waals surface area contributed by atoms with E-state index in [2.05, 4.69) is 27.9 Å². The summed E-state index contributed by atoms with van der Waals surface area (Å²) in [7, 11) is 0. The van der Waals surface area contributed by atoms with Crippen LogP contribution < -0.4 is 20.7 Å². The summed E-state index contributed by atoms with van der Waals surface area (Å²) in [5.74, 6) is -1.12. The van der Waals surface area contributed by atoms with E-state index in [1.165, 1.54) is 6.07 Å². The van der Waals surface area contributed by atoms with Gasteiger partial charge < -0.3 is 29.6 Å². The van der Waals surface area contributed by atoms with Crippen molar-refractivity contribution in [3.8, 4) is 5.75 Å². The summed E-state index contributed by atoms with van der Waals surface area (Å²) < 4.78 is 36.7. The number of amides is 5. The molecule has 1 aromatic heterocycles. The molecule has 328 valence electrons. The van der Waals surface area contributed by atoms with Crippen LogP contribution in [0.3, 0.4) is 0 Å². The van der Waals surface area contributed by atoms with Crippen molar-refractivity contribution < 1.29 is 47.3 Å². The molecule has 1 aliphatic carbocycles. The van der Waals surface area contributed by atoms with Crippen molar-refractivity contribution in [1.29, 1.82) is 0 Å². The maximum absolute atomic E-state index is 14.0. The van der Waals surface area contributed by atoms with Gasteiger partial charge in [0.15, 0.2) is 0 Å². The number of hydrogen-bond acceptors (Lipinski definition) is 11. The average molecular weight is 872 g/mol. The third-order valence-corrected chi connectivity index (χ3v) is 12.0. The molecule has 62 heavy (non-hydrogen) atoms. The molecule has 5 amide bonds. The quantitative estimate of drug-likeness (QED) is 0.0622. The summed E-state index contributed by atoms with van der Waals surface area (Å²) in [6, 6.07) is 15.8. The van der Waals surface area contributed by atoms with E-state index in [1.807, 2.05) is 6.07 Å². The Morgan fingerprint density at radius 1 is 0.887 bits per heavy atom. The highest BCUT2D eigenvalue weighted by atomic mass is 35.5. The Balaban J connectivity index is 0.730. The van der Waals surface area contributed by atoms with Crippen molar-refractivity contribution in [3.63, 3.8) is 0 Å². The van der Waals surface area contributed by atoms with E-state index in [0.29, 0.717) is 86.6 Å². The number of anilines is 2. The van der Waals surface area contributed by atoms with Gasteiger partial charge in [-0.15, -0.1) is 0 Å². The zero-order valence-electron chi connectivity index (χ0n) is 34.6. The smallest absolute Gasteiger partial charge is 0.264 e. The van der Waals surface area contributed by atoms with Crippen molar-refractivity contribution in [2.24, 2.45) is 11.8 Å². The Morgan fingerprint density at radius 2 is 1.63 bits per heavy atom. The number of hydrogen-bond donors (Lipinski definition) is 3. The standard InChI is InChI=1S/C46H51ClFN5O9/c1-28(29-5-7-30(8-6-29)33-15-16-49-37-12-9-31(48)26-35(33)37)25-42(55)51-32-10-11-36(47)40(27-32)62-24-23-61-22-21-60-20-19-59-18-17-50-38-4-2-3-34-43(38)46(58)53(45(34)57)39-13-14-41(54)52-44(39)56/h2-4,9-12,15-16,26-30,39,50H,5-8,13-14,17-25H2,1H3,(H,51,55)(H,52,54,56)/t28-,29-,30+,39?/m0/s1. The van der Waals surface area contributed by atoms with Crippen molar-refractivity contribution in [2.75, 3.05) is 63.4 Å². The van der Waals surface area contributed by atoms with Gasteiger partial charge in [0.2, 0.25) is 17.7 Å². The first-order valence-corrected chi connectivity index (χ1v) is 21.5. The number of piperidine rings is 1. The number of benzene rings is 3. The molecule has 7 rings (SSSR count). The minimum atomic E-state index is -1.03. The Morgan fingerprint density at radius 3 is 2.39 bits per heavy atom. The van der Waals surface area contributed by atoms with Gasteiger partial charge >= 0.3 is 0 Å². The fourth-order valence-electron chi connectivity index (χ4n) is 8.53. The van der Waals surface area contributed by atoms with Crippen LogP contribution in [0, 0.1) is 17.7 Å². The number of rotatable bonds is 20. The van der Waals surface area contributed by atoms with Crippen LogP contribution in [-0.4, -0.2) is 98.3 Å². The van der Waals surface area contributed by atoms with Crippen LogP contribution in [0.2, 0.25) is 5.02 Å². The van der Waals surface area contributed by atoms with Gasteiger partial charge in [-0.25, -0.2) is 4.39 Å². The number of carbonyl (C=O) groups is 5. The van der Waals surface area contributed by atoms with Crippen molar-refractivity contribution in [2.45, 2.75) is 63.8 Å². The van der Waals surface area contributed by atoms with Crippen LogP contribution in [0.4, 0.5) is 15.8 Å². The predicted octanol–water partition coefficient (Wildman–Crippen LogP) is 6.91. The zero-order valence-corrected chi connectivity index (χ0v) is 35.3. The van der Waals surface area contributed by atoms with E-state index >= 15 is 0 Å². The number of pyridine rings is 1. The number of ether oxygens (including phenoxy) is 4. The Hall–Kier alpha value is -5.48. The van der Waals surface area contributed by atoms with Gasteiger partial charge in [-0.2, -0.15) is 0 Å². The molecule has 1 saturated carbocycles. The second-order valence-electron chi connectivity index (χ2n) is 15.8. The van der Waals surface area contributed by atoms with Crippen LogP contribution in [0.25, 0.3) is 10.9 Å². The Labute approximate surface area is 364 Å². The summed E-state index contributed by atoms with van der Waals surface area (Å²) in [5, 5.41) is 9.63. The van der Waals surface area contributed by atoms with E-state index in [9.17, 15) is 28.4 Å². The summed E-state index contributed by atoms with van der Waals surface area (Å²) in [5.41, 5.74) is 3.43. The number of carbonyl (C=O) groups excluding carboxylic acids is 5. The van der Waals surface area contributed by atoms with Gasteiger partial charge in [0, 0.05) is 48.4 Å². The molecular weight excluding hydrogens is 821 g/mol. The van der Waals surface area contributed by atoms with Crippen LogP contribution in [0.1, 0.15) is 84.1 Å². The lowest BCUT2D eigenvalue weighted by Crippen LogP contribution is -2.54. The van der Waals surface area contributed by atoms with Gasteiger partial charge in [0.25, 0.3) is 11.8 Å². The fraction of sp³-hybridized carbons (Fsp3) is 0.435. The molecule has 2 aliphatic heterocycles. The van der Waals surface area contributed by atoms with Crippen LogP contribution in [-0.2, 0) is 28.6 Å². The molecule has 3 aromatic carbocycles. The maximum atomic E-state index is 14.0. The van der Waals surface area contributed by atoms with Gasteiger partial charge in [-0.1, -0.05) is 24.6 Å². The van der Waals surface area contributed by atoms with Crippen molar-refractivity contribution in [1.82, 2.24) is 15.2 Å². The monoisotopic (exact) mass is 871 g/mol. The molecule has 2 fully saturated rings. The molecule has 0 bridgehead atoms. The van der Waals surface area contributed by atoms with E-state index in [4.69, 9.17) is 30.5 Å². The lowest BCUT2D eigenvalue weighted by molar-refractivity contribution is -0.136.